The van der Waals surface area contributed by atoms with Crippen molar-refractivity contribution in [2.75, 3.05) is 33.2 Å². The zero-order valence-corrected chi connectivity index (χ0v) is 20.1. The number of piperidine rings is 1. The molecule has 1 aliphatic carbocycles. The SMILES string of the molecule is CCC(O)(CC)C1CCNC(N2CC(S(=O)(=O)NC3CCCC4CNN(C)C43)CN2)C1. The van der Waals surface area contributed by atoms with Crippen LogP contribution >= 0.6 is 0 Å². The topological polar surface area (TPSA) is 109 Å². The molecule has 4 rings (SSSR count). The molecule has 6 unspecified atom stereocenters. The highest BCUT2D eigenvalue weighted by molar-refractivity contribution is 7.90. The molecule has 9 nitrogen and oxygen atoms in total. The molecule has 180 valence electrons. The van der Waals surface area contributed by atoms with Crippen LogP contribution in [-0.2, 0) is 10.0 Å². The summed E-state index contributed by atoms with van der Waals surface area (Å²) in [5.74, 6) is 0.748. The van der Waals surface area contributed by atoms with E-state index in [1.165, 1.54) is 0 Å². The Morgan fingerprint density at radius 3 is 2.65 bits per heavy atom. The molecule has 6 atom stereocenters. The maximum atomic E-state index is 13.3. The molecule has 10 heteroatoms. The fraction of sp³-hybridized carbons (Fsp3) is 1.00. The lowest BCUT2D eigenvalue weighted by molar-refractivity contribution is -0.0572. The molecule has 0 aromatic carbocycles. The summed E-state index contributed by atoms with van der Waals surface area (Å²) in [4.78, 5) is 0. The van der Waals surface area contributed by atoms with Gasteiger partial charge in [-0.3, -0.25) is 10.9 Å². The van der Waals surface area contributed by atoms with Crippen LogP contribution in [-0.4, -0.2) is 85.9 Å². The molecule has 0 radical (unpaired) electrons. The van der Waals surface area contributed by atoms with Gasteiger partial charge in [-0.05, 0) is 56.9 Å². The third-order valence-electron chi connectivity index (χ3n) is 8.45. The number of nitrogens with zero attached hydrogens (tertiary/aromatic N) is 2. The Morgan fingerprint density at radius 1 is 1.13 bits per heavy atom. The van der Waals surface area contributed by atoms with Crippen LogP contribution in [0.15, 0.2) is 0 Å². The van der Waals surface area contributed by atoms with Crippen molar-refractivity contribution in [1.29, 1.82) is 0 Å². The predicted molar refractivity (Wildman–Crippen MR) is 121 cm³/mol. The molecule has 0 aromatic rings. The van der Waals surface area contributed by atoms with Gasteiger partial charge in [0.1, 0.15) is 5.25 Å². The number of likely N-dealkylation sites (N-methyl/N-ethyl adjacent to an activating group) is 1. The van der Waals surface area contributed by atoms with E-state index in [9.17, 15) is 13.5 Å². The summed E-state index contributed by atoms with van der Waals surface area (Å²) >= 11 is 0. The first kappa shape index (κ1) is 23.8. The van der Waals surface area contributed by atoms with Gasteiger partial charge in [0, 0.05) is 38.8 Å². The first-order valence-electron chi connectivity index (χ1n) is 12.2. The van der Waals surface area contributed by atoms with Crippen LogP contribution in [0.1, 0.15) is 58.8 Å². The van der Waals surface area contributed by atoms with E-state index in [4.69, 9.17) is 0 Å². The van der Waals surface area contributed by atoms with E-state index < -0.39 is 20.9 Å². The van der Waals surface area contributed by atoms with Crippen molar-refractivity contribution >= 4 is 10.0 Å². The molecule has 0 amide bonds. The summed E-state index contributed by atoms with van der Waals surface area (Å²) in [6.45, 7) is 6.78. The standard InChI is InChI=1S/C21H42N6O3S/c1-4-21(28,5-2)16-9-10-22-19(11-16)27-14-17(13-24-27)31(29,30)25-18-8-6-7-15-12-23-26(3)20(15)18/h15-20,22-25,28H,4-14H2,1-3H3. The fourth-order valence-corrected chi connectivity index (χ4v) is 7.86. The Kier molecular flexibility index (Phi) is 7.30. The Bertz CT molecular complexity index is 716. The van der Waals surface area contributed by atoms with E-state index in [2.05, 4.69) is 44.8 Å². The number of hydrazine groups is 2. The summed E-state index contributed by atoms with van der Waals surface area (Å²) in [5.41, 5.74) is 6.07. The van der Waals surface area contributed by atoms with Gasteiger partial charge in [0.05, 0.1) is 11.8 Å². The van der Waals surface area contributed by atoms with Crippen molar-refractivity contribution < 1.29 is 13.5 Å². The second kappa shape index (κ2) is 9.50. The number of hydrogen-bond acceptors (Lipinski definition) is 8. The zero-order valence-electron chi connectivity index (χ0n) is 19.3. The van der Waals surface area contributed by atoms with Crippen molar-refractivity contribution in [2.45, 2.75) is 87.9 Å². The molecule has 3 aliphatic heterocycles. The fourth-order valence-electron chi connectivity index (χ4n) is 6.34. The summed E-state index contributed by atoms with van der Waals surface area (Å²) in [7, 11) is -1.41. The van der Waals surface area contributed by atoms with Crippen LogP contribution in [0.4, 0.5) is 0 Å². The number of sulfonamides is 1. The Balaban J connectivity index is 1.36. The lowest BCUT2D eigenvalue weighted by Gasteiger charge is -2.43. The van der Waals surface area contributed by atoms with Gasteiger partial charge in [0.25, 0.3) is 0 Å². The molecule has 31 heavy (non-hydrogen) atoms. The van der Waals surface area contributed by atoms with Gasteiger partial charge in [-0.25, -0.2) is 23.2 Å². The minimum atomic E-state index is -3.43. The van der Waals surface area contributed by atoms with E-state index in [1.807, 2.05) is 7.05 Å². The third kappa shape index (κ3) is 4.82. The van der Waals surface area contributed by atoms with E-state index >= 15 is 0 Å². The molecule has 3 saturated heterocycles. The highest BCUT2D eigenvalue weighted by Gasteiger charge is 2.45. The largest absolute Gasteiger partial charge is 0.390 e. The van der Waals surface area contributed by atoms with Crippen molar-refractivity contribution in [1.82, 2.24) is 30.9 Å². The van der Waals surface area contributed by atoms with Gasteiger partial charge in [0.2, 0.25) is 10.0 Å². The number of hydrogen-bond donors (Lipinski definition) is 5. The van der Waals surface area contributed by atoms with E-state index in [0.29, 0.717) is 19.0 Å². The number of nitrogens with one attached hydrogen (secondary N) is 4. The Hall–Kier alpha value is -0.330. The van der Waals surface area contributed by atoms with E-state index in [1.54, 1.807) is 0 Å². The van der Waals surface area contributed by atoms with Crippen LogP contribution in [0.2, 0.25) is 0 Å². The minimum Gasteiger partial charge on any atom is -0.390 e. The minimum absolute atomic E-state index is 0.0286. The van der Waals surface area contributed by atoms with Crippen molar-refractivity contribution in [2.24, 2.45) is 11.8 Å². The lowest BCUT2D eigenvalue weighted by Crippen LogP contribution is -2.57. The zero-order chi connectivity index (χ0) is 22.2. The average Bonchev–Trinajstić information content (AvgIpc) is 3.42. The van der Waals surface area contributed by atoms with Crippen LogP contribution in [0, 0.1) is 11.8 Å². The first-order chi connectivity index (χ1) is 14.8. The highest BCUT2D eigenvalue weighted by Crippen LogP contribution is 2.35. The van der Waals surface area contributed by atoms with Gasteiger partial charge in [-0.15, -0.1) is 0 Å². The highest BCUT2D eigenvalue weighted by atomic mass is 32.2. The number of fused-ring (bicyclic) bond motifs is 1. The van der Waals surface area contributed by atoms with Crippen molar-refractivity contribution in [3.63, 3.8) is 0 Å². The normalized spacial score (nSPS) is 38.5. The molecule has 4 aliphatic rings. The van der Waals surface area contributed by atoms with Crippen LogP contribution in [0.25, 0.3) is 0 Å². The van der Waals surface area contributed by atoms with E-state index in [-0.39, 0.29) is 24.2 Å². The second-order valence-electron chi connectivity index (χ2n) is 10.1. The molecular weight excluding hydrogens is 416 g/mol. The van der Waals surface area contributed by atoms with Crippen LogP contribution < -0.4 is 20.9 Å². The monoisotopic (exact) mass is 458 g/mol. The van der Waals surface area contributed by atoms with Crippen LogP contribution in [0.3, 0.4) is 0 Å². The summed E-state index contributed by atoms with van der Waals surface area (Å²) in [5, 5.41) is 18.2. The molecule has 4 fully saturated rings. The van der Waals surface area contributed by atoms with E-state index in [0.717, 1.165) is 58.0 Å². The first-order valence-corrected chi connectivity index (χ1v) is 13.8. The average molecular weight is 459 g/mol. The van der Waals surface area contributed by atoms with Gasteiger partial charge in [-0.2, -0.15) is 0 Å². The molecule has 5 N–H and O–H groups in total. The van der Waals surface area contributed by atoms with Gasteiger partial charge in [-0.1, -0.05) is 20.3 Å². The molecule has 0 spiro atoms. The van der Waals surface area contributed by atoms with Crippen LogP contribution in [0.5, 0.6) is 0 Å². The van der Waals surface area contributed by atoms with Gasteiger partial charge >= 0.3 is 0 Å². The quantitative estimate of drug-likeness (QED) is 0.362. The predicted octanol–water partition coefficient (Wildman–Crippen LogP) is -0.0413. The van der Waals surface area contributed by atoms with Gasteiger partial charge in [0.15, 0.2) is 0 Å². The molecule has 3 heterocycles. The Labute approximate surface area is 187 Å². The number of rotatable bonds is 7. The Morgan fingerprint density at radius 2 is 1.90 bits per heavy atom. The summed E-state index contributed by atoms with van der Waals surface area (Å²) in [6.07, 6.45) is 6.47. The van der Waals surface area contributed by atoms with Crippen molar-refractivity contribution in [3.8, 4) is 0 Å². The van der Waals surface area contributed by atoms with Crippen molar-refractivity contribution in [3.05, 3.63) is 0 Å². The molecule has 0 aromatic heterocycles. The lowest BCUT2D eigenvalue weighted by atomic mass is 9.76. The molecular formula is C21H42N6O3S. The molecule has 1 saturated carbocycles. The number of aliphatic hydroxyl groups is 1. The summed E-state index contributed by atoms with van der Waals surface area (Å²) < 4.78 is 29.6. The van der Waals surface area contributed by atoms with Gasteiger partial charge < -0.3 is 10.4 Å². The maximum Gasteiger partial charge on any atom is 0.217 e. The second-order valence-corrected chi connectivity index (χ2v) is 12.1. The third-order valence-corrected chi connectivity index (χ3v) is 10.3. The summed E-state index contributed by atoms with van der Waals surface area (Å²) in [6, 6.07) is 0.203. The smallest absolute Gasteiger partial charge is 0.217 e. The maximum absolute atomic E-state index is 13.3. The molecule has 0 bridgehead atoms.